The number of carbonyl (C=O) groups is 3. The Hall–Kier alpha value is -1.56. The summed E-state index contributed by atoms with van der Waals surface area (Å²) in [4.78, 5) is 38.5. The Morgan fingerprint density at radius 2 is 1.15 bits per heavy atom. The Kier molecular flexibility index (Phi) is 41.1. The van der Waals surface area contributed by atoms with E-state index in [1.165, 1.54) is 116 Å². The summed E-state index contributed by atoms with van der Waals surface area (Å²) in [6.07, 6.45) is 2.87. The summed E-state index contributed by atoms with van der Waals surface area (Å²) in [5.74, 6) is -5.64. The minimum Gasteiger partial charge on any atom is -0.479 e. The molecule has 2 amide bonds. The molecule has 14 N–H and O–H groups in total. The molecule has 3 saturated heterocycles. The zero-order valence-corrected chi connectivity index (χ0v) is 52.9. The molecule has 0 spiro atoms. The molecule has 0 unspecified atom stereocenters. The zero-order chi connectivity index (χ0) is 61.3. The third-order valence-electron chi connectivity index (χ3n) is 16.6. The first kappa shape index (κ1) is 78.5. The van der Waals surface area contributed by atoms with Gasteiger partial charge in [0, 0.05) is 19.8 Å². The molecule has 0 aromatic heterocycles. The molecule has 22 nitrogen and oxygen atoms in total. The fourth-order valence-corrected chi connectivity index (χ4v) is 11.5. The monoisotopic (exact) mass is 1220 g/mol. The molecule has 0 aromatic rings. The van der Waals surface area contributed by atoms with E-state index in [0.717, 1.165) is 51.9 Å². The van der Waals surface area contributed by atoms with Crippen molar-refractivity contribution in [2.75, 3.05) is 26.4 Å². The standard InChI is InChI=1S/C60H109FN2O20.Na/c1-4-6-8-10-12-14-16-18-19-21-23-25-27-29-31-33-46(71)63-40(41(68)32-30-28-26-24-22-20-17-15-13-11-9-7-5-2)38-79-57-53(76)52(75)54(45(37-66)81-57)82-58-51(74)47(50(73)44(36-65)80-58)56(61)60(59(77)78)34-42(69)48(62-39(3)67)55(83-60)49(72)43(70)35-64;/h30,32,40-45,47-58,64-66,68-70,72-76H,4-29,31,33-38H2,1-3H3,(H,62,67)(H,63,71)(H,77,78);/q;+1/b32-30+;/t40-,41+,42-,43+,44+,45+,47-,48+,49+,50-,51+,52+,53+,54+,55+,56-,57+,58-,60-;/m0./s1. The number of amides is 2. The fourth-order valence-electron chi connectivity index (χ4n) is 11.5. The molecule has 0 bridgehead atoms. The second kappa shape index (κ2) is 44.0. The molecule has 3 rings (SSSR count). The maximum Gasteiger partial charge on any atom is 1.00 e. The van der Waals surface area contributed by atoms with Crippen LogP contribution in [-0.4, -0.2) is 215 Å². The van der Waals surface area contributed by atoms with Gasteiger partial charge in [0.15, 0.2) is 18.2 Å². The van der Waals surface area contributed by atoms with Crippen LogP contribution in [0.4, 0.5) is 4.39 Å². The van der Waals surface area contributed by atoms with Crippen LogP contribution in [0.15, 0.2) is 12.2 Å². The SMILES string of the molecule is CCCCCCCCCCCCC/C=C/[C@@H](O)[C@H](CO[C@@H]1O[C@H](CO)[C@@H](O[C@@H]2O[C@H](CO)[C@H](O)[C@H]([C@H](F)[C@]3(C(=O)O)C[C@H](O)[C@@H](NC(C)=O)[C@H]([C@H](O)[C@H](O)CO)O3)[C@H]2O)[C@H](O)[C@H]1O)NC(=O)CCCCCCCCCCCCCCCCC.[Na+]. The number of hydrogen-bond acceptors (Lipinski definition) is 19. The number of allylic oxidation sites excluding steroid dienone is 1. The molecule has 0 aromatic carbocycles. The van der Waals surface area contributed by atoms with Crippen molar-refractivity contribution >= 4 is 17.8 Å². The number of halogens is 1. The first-order chi connectivity index (χ1) is 39.8. The number of hydrogen-bond donors (Lipinski definition) is 14. The quantitative estimate of drug-likeness (QED) is 0.0228. The molecule has 19 atom stereocenters. The number of aliphatic hydroxyl groups excluding tert-OH is 11. The molecule has 0 radical (unpaired) electrons. The summed E-state index contributed by atoms with van der Waals surface area (Å²) < 4.78 is 46.1. The fraction of sp³-hybridized carbons (Fsp3) is 0.917. The number of ether oxygens (including phenoxy) is 5. The van der Waals surface area contributed by atoms with Crippen LogP contribution in [-0.2, 0) is 38.1 Å². The van der Waals surface area contributed by atoms with Gasteiger partial charge in [-0.3, -0.25) is 9.59 Å². The van der Waals surface area contributed by atoms with E-state index in [-0.39, 0.29) is 41.9 Å². The van der Waals surface area contributed by atoms with Crippen molar-refractivity contribution in [2.45, 2.75) is 317 Å². The summed E-state index contributed by atoms with van der Waals surface area (Å²) in [5.41, 5.74) is -3.29. The van der Waals surface area contributed by atoms with Crippen LogP contribution in [0, 0.1) is 5.92 Å². The van der Waals surface area contributed by atoms with Crippen LogP contribution in [0.1, 0.15) is 207 Å². The normalized spacial score (nSPS) is 30.1. The van der Waals surface area contributed by atoms with Gasteiger partial charge < -0.3 is 95.6 Å². The molecule has 24 heteroatoms. The predicted octanol–water partition coefficient (Wildman–Crippen LogP) is 0.781. The molecule has 84 heavy (non-hydrogen) atoms. The molecule has 3 aliphatic rings. The topological polar surface area (TPSA) is 364 Å². The van der Waals surface area contributed by atoms with Crippen LogP contribution >= 0.6 is 0 Å². The third-order valence-corrected chi connectivity index (χ3v) is 16.6. The average molecular weight is 1220 g/mol. The van der Waals surface area contributed by atoms with Gasteiger partial charge in [0.25, 0.3) is 0 Å². The Balaban J connectivity index is 0.0000241. The van der Waals surface area contributed by atoms with Crippen LogP contribution in [0.2, 0.25) is 0 Å². The van der Waals surface area contributed by atoms with E-state index < -0.39 is 160 Å². The first-order valence-corrected chi connectivity index (χ1v) is 31.5. The first-order valence-electron chi connectivity index (χ1n) is 31.5. The number of aliphatic hydroxyl groups is 11. The van der Waals surface area contributed by atoms with Crippen molar-refractivity contribution in [3.63, 3.8) is 0 Å². The van der Waals surface area contributed by atoms with Gasteiger partial charge in [-0.1, -0.05) is 180 Å². The van der Waals surface area contributed by atoms with Crippen LogP contribution in [0.5, 0.6) is 0 Å². The summed E-state index contributed by atoms with van der Waals surface area (Å²) in [6.45, 7) is 1.83. The van der Waals surface area contributed by atoms with Crippen molar-refractivity contribution in [3.05, 3.63) is 12.2 Å². The van der Waals surface area contributed by atoms with E-state index in [4.69, 9.17) is 23.7 Å². The number of aliphatic carboxylic acids is 1. The van der Waals surface area contributed by atoms with E-state index in [1.54, 1.807) is 6.08 Å². The number of nitrogens with one attached hydrogen (secondary N) is 2. The van der Waals surface area contributed by atoms with Gasteiger partial charge in [-0.05, 0) is 19.3 Å². The second-order valence-corrected chi connectivity index (χ2v) is 23.5. The molecule has 3 aliphatic heterocycles. The zero-order valence-electron chi connectivity index (χ0n) is 50.9. The van der Waals surface area contributed by atoms with Gasteiger partial charge in [-0.15, -0.1) is 0 Å². The second-order valence-electron chi connectivity index (χ2n) is 23.5. The maximum atomic E-state index is 17.3. The molecule has 0 saturated carbocycles. The van der Waals surface area contributed by atoms with Gasteiger partial charge in [-0.25, -0.2) is 9.18 Å². The Bertz CT molecular complexity index is 1780. The summed E-state index contributed by atoms with van der Waals surface area (Å²) in [6, 6.07) is -2.73. The Morgan fingerprint density at radius 1 is 0.667 bits per heavy atom. The van der Waals surface area contributed by atoms with Crippen molar-refractivity contribution < 1.29 is 133 Å². The molecular weight excluding hydrogens is 1110 g/mol. The minimum atomic E-state index is -3.29. The largest absolute Gasteiger partial charge is 1.00 e. The molecular formula is C60H109FN2NaO20+. The Morgan fingerprint density at radius 3 is 1.63 bits per heavy atom. The van der Waals surface area contributed by atoms with Crippen molar-refractivity contribution in [2.24, 2.45) is 5.92 Å². The summed E-state index contributed by atoms with van der Waals surface area (Å²) >= 11 is 0. The van der Waals surface area contributed by atoms with Crippen LogP contribution < -0.4 is 40.2 Å². The Labute approximate surface area is 520 Å². The van der Waals surface area contributed by atoms with Crippen LogP contribution in [0.3, 0.4) is 0 Å². The van der Waals surface area contributed by atoms with Gasteiger partial charge in [0.05, 0.1) is 62.7 Å². The number of rotatable bonds is 45. The third kappa shape index (κ3) is 26.1. The van der Waals surface area contributed by atoms with E-state index in [0.29, 0.717) is 12.8 Å². The van der Waals surface area contributed by atoms with E-state index >= 15 is 4.39 Å². The van der Waals surface area contributed by atoms with Gasteiger partial charge in [0.1, 0.15) is 61.1 Å². The van der Waals surface area contributed by atoms with Crippen LogP contribution in [0.25, 0.3) is 0 Å². The number of carboxylic acids is 1. The smallest absolute Gasteiger partial charge is 0.479 e. The van der Waals surface area contributed by atoms with Crippen molar-refractivity contribution in [1.29, 1.82) is 0 Å². The van der Waals surface area contributed by atoms with E-state index in [2.05, 4.69) is 24.5 Å². The average Bonchev–Trinajstić information content (AvgIpc) is 0.993. The molecule has 3 heterocycles. The number of alkyl halides is 1. The van der Waals surface area contributed by atoms with Crippen molar-refractivity contribution in [1.82, 2.24) is 10.6 Å². The minimum absolute atomic E-state index is 0. The predicted molar refractivity (Wildman–Crippen MR) is 305 cm³/mol. The molecule has 486 valence electrons. The molecule has 0 aliphatic carbocycles. The number of carbonyl (C=O) groups excluding carboxylic acids is 2. The van der Waals surface area contributed by atoms with Gasteiger partial charge in [0.2, 0.25) is 11.8 Å². The van der Waals surface area contributed by atoms with Crippen molar-refractivity contribution in [3.8, 4) is 0 Å². The number of unbranched alkanes of at least 4 members (excludes halogenated alkanes) is 25. The molecule has 3 fully saturated rings. The van der Waals surface area contributed by atoms with E-state index in [1.807, 2.05) is 6.08 Å². The maximum absolute atomic E-state index is 17.3. The van der Waals surface area contributed by atoms with E-state index in [9.17, 15) is 75.7 Å². The van der Waals surface area contributed by atoms with Gasteiger partial charge >= 0.3 is 35.5 Å². The summed E-state index contributed by atoms with van der Waals surface area (Å²) in [5, 5.41) is 136. The summed E-state index contributed by atoms with van der Waals surface area (Å²) in [7, 11) is 0. The number of carboxylic acid groups (broad SMARTS) is 1. The van der Waals surface area contributed by atoms with Gasteiger partial charge in [-0.2, -0.15) is 0 Å².